The minimum Gasteiger partial charge on any atom is -0.504 e. The maximum Gasteiger partial charge on any atom is 0.285 e. The number of carbonyl (C=O) groups is 2. The van der Waals surface area contributed by atoms with Gasteiger partial charge in [-0.3, -0.25) is 15.0 Å². The van der Waals surface area contributed by atoms with Crippen LogP contribution in [0.3, 0.4) is 0 Å². The van der Waals surface area contributed by atoms with E-state index < -0.39 is 11.8 Å². The van der Waals surface area contributed by atoms with Crippen LogP contribution in [0.4, 0.5) is 0 Å². The minimum absolute atomic E-state index is 0.00375. The Hall–Kier alpha value is -3.82. The smallest absolute Gasteiger partial charge is 0.285 e. The Kier molecular flexibility index (Phi) is 7.15. The normalized spacial score (nSPS) is 14.4. The predicted molar refractivity (Wildman–Crippen MR) is 134 cm³/mol. The van der Waals surface area contributed by atoms with Crippen LogP contribution in [0, 0.1) is 0 Å². The van der Waals surface area contributed by atoms with Crippen LogP contribution in [0.25, 0.3) is 6.08 Å². The van der Waals surface area contributed by atoms with Gasteiger partial charge in [0.25, 0.3) is 11.8 Å². The summed E-state index contributed by atoms with van der Waals surface area (Å²) >= 11 is 6.35. The topological polar surface area (TPSA) is 88.1 Å². The van der Waals surface area contributed by atoms with Crippen LogP contribution in [0.1, 0.15) is 21.5 Å². The van der Waals surface area contributed by atoms with Crippen LogP contribution in [0.2, 0.25) is 0 Å². The van der Waals surface area contributed by atoms with Gasteiger partial charge in [-0.05, 0) is 65.8 Å². The van der Waals surface area contributed by atoms with Gasteiger partial charge in [0.2, 0.25) is 0 Å². The lowest BCUT2D eigenvalue weighted by Gasteiger charge is -2.15. The van der Waals surface area contributed by atoms with Crippen LogP contribution in [0.5, 0.6) is 17.2 Å². The van der Waals surface area contributed by atoms with E-state index in [1.807, 2.05) is 30.3 Å². The van der Waals surface area contributed by atoms with Gasteiger partial charge in [-0.15, -0.1) is 0 Å². The summed E-state index contributed by atoms with van der Waals surface area (Å²) in [7, 11) is 1.44. The summed E-state index contributed by atoms with van der Waals surface area (Å²) in [4.78, 5) is 25.8. The summed E-state index contributed by atoms with van der Waals surface area (Å²) < 4.78 is 11.0. The van der Waals surface area contributed by atoms with E-state index >= 15 is 0 Å². The maximum absolute atomic E-state index is 12.8. The van der Waals surface area contributed by atoms with Gasteiger partial charge in [-0.2, -0.15) is 5.01 Å². The largest absolute Gasteiger partial charge is 0.504 e. The molecule has 0 saturated carbocycles. The number of rotatable bonds is 7. The maximum atomic E-state index is 12.8. The van der Waals surface area contributed by atoms with Gasteiger partial charge in [-0.1, -0.05) is 48.2 Å². The zero-order valence-electron chi connectivity index (χ0n) is 18.1. The number of methoxy groups -OCH3 is 1. The fraction of sp³-hybridized carbons (Fsp3) is 0.0800. The molecule has 0 spiro atoms. The van der Waals surface area contributed by atoms with Crippen molar-refractivity contribution in [3.05, 3.63) is 94.4 Å². The molecule has 7 nitrogen and oxygen atoms in total. The molecule has 0 aromatic heterocycles. The summed E-state index contributed by atoms with van der Waals surface area (Å²) in [5.74, 6) is -0.0142. The van der Waals surface area contributed by atoms with Crippen molar-refractivity contribution < 1.29 is 24.2 Å². The number of ether oxygens (including phenoxy) is 2. The van der Waals surface area contributed by atoms with Crippen LogP contribution >= 0.6 is 24.0 Å². The molecule has 0 radical (unpaired) electrons. The monoisotopic (exact) mass is 492 g/mol. The number of nitrogens with zero attached hydrogens (tertiary/aromatic N) is 1. The zero-order chi connectivity index (χ0) is 24.1. The molecule has 1 fully saturated rings. The lowest BCUT2D eigenvalue weighted by molar-refractivity contribution is -0.123. The van der Waals surface area contributed by atoms with Gasteiger partial charge < -0.3 is 14.6 Å². The molecule has 0 bridgehead atoms. The molecular weight excluding hydrogens is 472 g/mol. The van der Waals surface area contributed by atoms with Crippen molar-refractivity contribution in [2.75, 3.05) is 7.11 Å². The number of hydrogen-bond acceptors (Lipinski definition) is 7. The minimum atomic E-state index is -0.474. The molecule has 2 amide bonds. The average Bonchev–Trinajstić information content (AvgIpc) is 3.12. The van der Waals surface area contributed by atoms with E-state index in [4.69, 9.17) is 21.7 Å². The van der Waals surface area contributed by atoms with Crippen LogP contribution < -0.4 is 14.9 Å². The number of phenolic OH excluding ortho intramolecular Hbond substituents is 1. The Morgan fingerprint density at radius 3 is 2.56 bits per heavy atom. The number of benzene rings is 3. The third kappa shape index (κ3) is 5.38. The Labute approximate surface area is 206 Å². The number of carbonyl (C=O) groups excluding carboxylic acids is 2. The van der Waals surface area contributed by atoms with E-state index in [2.05, 4.69) is 5.43 Å². The molecule has 2 N–H and O–H groups in total. The molecule has 1 saturated heterocycles. The summed E-state index contributed by atoms with van der Waals surface area (Å²) in [6.45, 7) is 0.419. The Balaban J connectivity index is 1.39. The van der Waals surface area contributed by atoms with Gasteiger partial charge in [0, 0.05) is 5.56 Å². The Morgan fingerprint density at radius 1 is 1.12 bits per heavy atom. The highest BCUT2D eigenvalue weighted by atomic mass is 32.2. The van der Waals surface area contributed by atoms with Gasteiger partial charge in [0.15, 0.2) is 15.8 Å². The lowest BCUT2D eigenvalue weighted by Crippen LogP contribution is -2.44. The molecule has 0 unspecified atom stereocenters. The van der Waals surface area contributed by atoms with Crippen molar-refractivity contribution >= 4 is 46.2 Å². The van der Waals surface area contributed by atoms with E-state index in [0.717, 1.165) is 22.3 Å². The second-order valence-electron chi connectivity index (χ2n) is 7.19. The number of hydrazine groups is 1. The molecule has 0 atom stereocenters. The molecule has 3 aromatic carbocycles. The molecule has 9 heteroatoms. The molecule has 1 aliphatic rings. The van der Waals surface area contributed by atoms with E-state index in [0.29, 0.717) is 28.4 Å². The SMILES string of the molecule is COc1cc(C=C2SC(=S)N(NC(=O)c3ccc(OCc4ccccc4)cc3)C2=O)ccc1O. The third-order valence-electron chi connectivity index (χ3n) is 4.87. The van der Waals surface area contributed by atoms with Crippen LogP contribution in [-0.2, 0) is 11.4 Å². The number of thioether (sulfide) groups is 1. The Morgan fingerprint density at radius 2 is 1.85 bits per heavy atom. The van der Waals surface area contributed by atoms with Crippen molar-refractivity contribution in [2.45, 2.75) is 6.61 Å². The molecule has 4 rings (SSSR count). The van der Waals surface area contributed by atoms with Gasteiger partial charge in [-0.25, -0.2) is 0 Å². The van der Waals surface area contributed by atoms with Gasteiger partial charge >= 0.3 is 0 Å². The van der Waals surface area contributed by atoms with Crippen LogP contribution in [0.15, 0.2) is 77.7 Å². The fourth-order valence-corrected chi connectivity index (χ4v) is 4.29. The van der Waals surface area contributed by atoms with Crippen molar-refractivity contribution in [3.8, 4) is 17.2 Å². The zero-order valence-corrected chi connectivity index (χ0v) is 19.7. The first-order chi connectivity index (χ1) is 16.4. The number of nitrogens with one attached hydrogen (secondary N) is 1. The highest BCUT2D eigenvalue weighted by Crippen LogP contribution is 2.33. The van der Waals surface area contributed by atoms with E-state index in [1.54, 1.807) is 42.5 Å². The van der Waals surface area contributed by atoms with Gasteiger partial charge in [0.05, 0.1) is 12.0 Å². The van der Waals surface area contributed by atoms with E-state index in [9.17, 15) is 14.7 Å². The van der Waals surface area contributed by atoms with Crippen molar-refractivity contribution in [3.63, 3.8) is 0 Å². The quantitative estimate of drug-likeness (QED) is 0.370. The molecule has 172 valence electrons. The highest BCUT2D eigenvalue weighted by Gasteiger charge is 2.33. The van der Waals surface area contributed by atoms with E-state index in [-0.39, 0.29) is 15.8 Å². The van der Waals surface area contributed by atoms with Gasteiger partial charge in [0.1, 0.15) is 12.4 Å². The molecule has 3 aromatic rings. The molecular formula is C25H20N2O5S2. The molecule has 34 heavy (non-hydrogen) atoms. The first-order valence-electron chi connectivity index (χ1n) is 10.2. The third-order valence-corrected chi connectivity index (χ3v) is 6.18. The summed E-state index contributed by atoms with van der Waals surface area (Å²) in [6.07, 6.45) is 1.62. The fourth-order valence-electron chi connectivity index (χ4n) is 3.11. The highest BCUT2D eigenvalue weighted by molar-refractivity contribution is 8.26. The number of thiocarbonyl (C=S) groups is 1. The molecule has 1 heterocycles. The molecule has 0 aliphatic carbocycles. The molecule has 1 aliphatic heterocycles. The number of phenols is 1. The second-order valence-corrected chi connectivity index (χ2v) is 8.86. The number of amides is 2. The van der Waals surface area contributed by atoms with Crippen molar-refractivity contribution in [1.29, 1.82) is 0 Å². The van der Waals surface area contributed by atoms with Crippen molar-refractivity contribution in [1.82, 2.24) is 10.4 Å². The van der Waals surface area contributed by atoms with Crippen LogP contribution in [-0.4, -0.2) is 33.4 Å². The summed E-state index contributed by atoms with van der Waals surface area (Å²) in [6, 6.07) is 21.1. The first kappa shape index (κ1) is 23.3. The standard InChI is InChI=1S/C25H20N2O5S2/c1-31-21-13-17(7-12-20(21)28)14-22-24(30)27(25(33)34-22)26-23(29)18-8-10-19(11-9-18)32-15-16-5-3-2-4-6-16/h2-14,28H,15H2,1H3,(H,26,29). The number of aromatic hydroxyl groups is 1. The predicted octanol–water partition coefficient (Wildman–Crippen LogP) is 4.53. The summed E-state index contributed by atoms with van der Waals surface area (Å²) in [5.41, 5.74) is 4.60. The lowest BCUT2D eigenvalue weighted by atomic mass is 10.2. The Bertz CT molecular complexity index is 1260. The van der Waals surface area contributed by atoms with Crippen molar-refractivity contribution in [2.24, 2.45) is 0 Å². The van der Waals surface area contributed by atoms with E-state index in [1.165, 1.54) is 13.2 Å². The average molecular weight is 493 g/mol. The number of hydrogen-bond donors (Lipinski definition) is 2. The first-order valence-corrected chi connectivity index (χ1v) is 11.4. The summed E-state index contributed by atoms with van der Waals surface area (Å²) in [5, 5.41) is 10.8. The second kappa shape index (κ2) is 10.4.